The van der Waals surface area contributed by atoms with Gasteiger partial charge in [-0.25, -0.2) is 9.98 Å². The third kappa shape index (κ3) is 4.24. The molecular formula is C24H28N4O. The lowest BCUT2D eigenvalue weighted by Crippen LogP contribution is -2.37. The van der Waals surface area contributed by atoms with Gasteiger partial charge < -0.3 is 4.57 Å². The van der Waals surface area contributed by atoms with Gasteiger partial charge in [0, 0.05) is 42.9 Å². The summed E-state index contributed by atoms with van der Waals surface area (Å²) in [6, 6.07) is 12.4. The summed E-state index contributed by atoms with van der Waals surface area (Å²) in [4.78, 5) is 24.0. The normalized spacial score (nSPS) is 12.4. The number of unbranched alkanes of at least 4 members (excludes halogenated alkanes) is 3. The second kappa shape index (κ2) is 9.03. The number of aliphatic imine (C=N–C) groups is 1. The lowest BCUT2D eigenvalue weighted by molar-refractivity contribution is -0.127. The number of hydrogen-bond donors (Lipinski definition) is 0. The van der Waals surface area contributed by atoms with Crippen LogP contribution in [-0.2, 0) is 11.3 Å². The van der Waals surface area contributed by atoms with E-state index in [1.54, 1.807) is 6.20 Å². The molecule has 0 N–H and O–H groups in total. The predicted octanol–water partition coefficient (Wildman–Crippen LogP) is 5.32. The van der Waals surface area contributed by atoms with Gasteiger partial charge in [-0.1, -0.05) is 50.1 Å². The first-order chi connectivity index (χ1) is 14.3. The van der Waals surface area contributed by atoms with E-state index in [-0.39, 0.29) is 5.91 Å². The highest BCUT2D eigenvalue weighted by atomic mass is 16.2. The number of hydrogen-bond acceptors (Lipinski definition) is 3. The monoisotopic (exact) mass is 388 g/mol. The topological polar surface area (TPSA) is 50.5 Å². The quantitative estimate of drug-likeness (QED) is 0.466. The van der Waals surface area contributed by atoms with E-state index in [4.69, 9.17) is 4.99 Å². The van der Waals surface area contributed by atoms with Crippen molar-refractivity contribution in [3.8, 4) is 0 Å². The summed E-state index contributed by atoms with van der Waals surface area (Å²) in [7, 11) is 0. The predicted molar refractivity (Wildman–Crippen MR) is 117 cm³/mol. The van der Waals surface area contributed by atoms with Crippen LogP contribution in [0.25, 0.3) is 10.8 Å². The standard InChI is InChI=1S/C24H28N4O/c1-2-3-4-13-22(29)28(16-6-5-15-27-17-14-25-18-27)24-20-11-7-9-19-10-8-12-21(26-24)23(19)20/h7-12,14,17-18H,2-6,13,15-16H2,1H3. The molecule has 1 amide bonds. The van der Waals surface area contributed by atoms with Crippen LogP contribution < -0.4 is 0 Å². The fourth-order valence-electron chi connectivity index (χ4n) is 3.97. The number of aryl methyl sites for hydroxylation is 1. The van der Waals surface area contributed by atoms with E-state index in [1.165, 1.54) is 5.39 Å². The van der Waals surface area contributed by atoms with Gasteiger partial charge in [0.25, 0.3) is 0 Å². The summed E-state index contributed by atoms with van der Waals surface area (Å²) in [6.45, 7) is 3.78. The van der Waals surface area contributed by atoms with Gasteiger partial charge in [-0.05, 0) is 30.7 Å². The number of nitrogens with zero attached hydrogens (tertiary/aromatic N) is 4. The van der Waals surface area contributed by atoms with E-state index >= 15 is 0 Å². The second-order valence-corrected chi connectivity index (χ2v) is 7.63. The van der Waals surface area contributed by atoms with Gasteiger partial charge in [-0.3, -0.25) is 9.69 Å². The summed E-state index contributed by atoms with van der Waals surface area (Å²) >= 11 is 0. The fourth-order valence-corrected chi connectivity index (χ4v) is 3.97. The highest BCUT2D eigenvalue weighted by Crippen LogP contribution is 2.36. The number of amides is 1. The van der Waals surface area contributed by atoms with E-state index < -0.39 is 0 Å². The van der Waals surface area contributed by atoms with Crippen LogP contribution in [0.4, 0.5) is 5.69 Å². The lowest BCUT2D eigenvalue weighted by atomic mass is 10.0. The zero-order chi connectivity index (χ0) is 20.1. The Balaban J connectivity index is 1.52. The molecule has 3 aromatic rings. The maximum Gasteiger partial charge on any atom is 0.228 e. The van der Waals surface area contributed by atoms with Crippen LogP contribution in [0.3, 0.4) is 0 Å². The van der Waals surface area contributed by atoms with Crippen molar-refractivity contribution >= 4 is 28.2 Å². The minimum Gasteiger partial charge on any atom is -0.337 e. The van der Waals surface area contributed by atoms with Crippen molar-refractivity contribution in [1.29, 1.82) is 0 Å². The van der Waals surface area contributed by atoms with Gasteiger partial charge in [0.1, 0.15) is 5.84 Å². The summed E-state index contributed by atoms with van der Waals surface area (Å²) in [6.07, 6.45) is 11.3. The minimum atomic E-state index is 0.185. The molecule has 0 atom stereocenters. The van der Waals surface area contributed by atoms with Crippen LogP contribution in [0.15, 0.2) is 60.1 Å². The van der Waals surface area contributed by atoms with Crippen molar-refractivity contribution in [2.24, 2.45) is 4.99 Å². The smallest absolute Gasteiger partial charge is 0.228 e. The van der Waals surface area contributed by atoms with Crippen molar-refractivity contribution in [3.05, 3.63) is 60.7 Å². The van der Waals surface area contributed by atoms with Crippen LogP contribution in [0.5, 0.6) is 0 Å². The van der Waals surface area contributed by atoms with E-state index in [1.807, 2.05) is 29.6 Å². The Bertz CT molecular complexity index is 1000. The molecule has 0 bridgehead atoms. The van der Waals surface area contributed by atoms with Gasteiger partial charge in [0.05, 0.1) is 12.0 Å². The molecule has 2 aromatic carbocycles. The molecular weight excluding hydrogens is 360 g/mol. The number of aromatic nitrogens is 2. The third-order valence-electron chi connectivity index (χ3n) is 5.51. The molecule has 1 aliphatic rings. The minimum absolute atomic E-state index is 0.185. The van der Waals surface area contributed by atoms with Gasteiger partial charge >= 0.3 is 0 Å². The Labute approximate surface area is 172 Å². The summed E-state index contributed by atoms with van der Waals surface area (Å²) in [5.74, 6) is 1.01. The molecule has 0 spiro atoms. The molecule has 2 heterocycles. The molecule has 4 rings (SSSR count). The molecule has 5 nitrogen and oxygen atoms in total. The Morgan fingerprint density at radius 1 is 1.07 bits per heavy atom. The molecule has 0 unspecified atom stereocenters. The summed E-state index contributed by atoms with van der Waals surface area (Å²) in [5.41, 5.74) is 2.05. The summed E-state index contributed by atoms with van der Waals surface area (Å²) in [5, 5.41) is 2.34. The average molecular weight is 389 g/mol. The zero-order valence-electron chi connectivity index (χ0n) is 17.1. The molecule has 29 heavy (non-hydrogen) atoms. The first kappa shape index (κ1) is 19.4. The number of rotatable bonds is 9. The second-order valence-electron chi connectivity index (χ2n) is 7.63. The molecule has 0 fully saturated rings. The highest BCUT2D eigenvalue weighted by Gasteiger charge is 2.26. The Morgan fingerprint density at radius 2 is 1.93 bits per heavy atom. The third-order valence-corrected chi connectivity index (χ3v) is 5.51. The van der Waals surface area contributed by atoms with Crippen LogP contribution in [0.2, 0.25) is 0 Å². The molecule has 0 radical (unpaired) electrons. The highest BCUT2D eigenvalue weighted by molar-refractivity contribution is 6.22. The number of carbonyl (C=O) groups is 1. The van der Waals surface area contributed by atoms with Gasteiger partial charge in [-0.2, -0.15) is 0 Å². The number of carbonyl (C=O) groups excluding carboxylic acids is 1. The maximum absolute atomic E-state index is 13.1. The zero-order valence-corrected chi connectivity index (χ0v) is 17.1. The van der Waals surface area contributed by atoms with Crippen molar-refractivity contribution in [2.45, 2.75) is 52.0 Å². The van der Waals surface area contributed by atoms with E-state index in [0.717, 1.165) is 61.1 Å². The van der Waals surface area contributed by atoms with E-state index in [2.05, 4.69) is 40.7 Å². The number of amidine groups is 1. The van der Waals surface area contributed by atoms with Gasteiger partial charge in [0.2, 0.25) is 5.91 Å². The fraction of sp³-hybridized carbons (Fsp3) is 0.375. The van der Waals surface area contributed by atoms with Crippen molar-refractivity contribution < 1.29 is 4.79 Å². The Hall–Kier alpha value is -2.95. The molecule has 5 heteroatoms. The Morgan fingerprint density at radius 3 is 2.72 bits per heavy atom. The molecule has 0 saturated carbocycles. The van der Waals surface area contributed by atoms with Crippen LogP contribution in [0, 0.1) is 0 Å². The van der Waals surface area contributed by atoms with E-state index in [9.17, 15) is 4.79 Å². The Kier molecular flexibility index (Phi) is 6.03. The molecule has 0 aliphatic carbocycles. The van der Waals surface area contributed by atoms with Gasteiger partial charge in [-0.15, -0.1) is 0 Å². The molecule has 150 valence electrons. The van der Waals surface area contributed by atoms with Gasteiger partial charge in [0.15, 0.2) is 0 Å². The SMILES string of the molecule is CCCCCC(=O)N(CCCCn1ccnc1)C1=Nc2cccc3cccc1c23. The van der Waals surface area contributed by atoms with E-state index in [0.29, 0.717) is 13.0 Å². The lowest BCUT2D eigenvalue weighted by Gasteiger charge is -2.23. The number of imidazole rings is 1. The average Bonchev–Trinajstić information content (AvgIpc) is 3.38. The molecule has 1 aliphatic heterocycles. The van der Waals surface area contributed by atoms with Crippen molar-refractivity contribution in [1.82, 2.24) is 14.5 Å². The van der Waals surface area contributed by atoms with Crippen LogP contribution in [-0.4, -0.2) is 32.7 Å². The van der Waals surface area contributed by atoms with Crippen LogP contribution >= 0.6 is 0 Å². The molecule has 1 aromatic heterocycles. The molecule has 0 saturated heterocycles. The number of benzene rings is 2. The first-order valence-electron chi connectivity index (χ1n) is 10.6. The summed E-state index contributed by atoms with van der Waals surface area (Å²) < 4.78 is 2.08. The van der Waals surface area contributed by atoms with Crippen molar-refractivity contribution in [3.63, 3.8) is 0 Å². The largest absolute Gasteiger partial charge is 0.337 e. The van der Waals surface area contributed by atoms with Crippen LogP contribution in [0.1, 0.15) is 51.0 Å². The van der Waals surface area contributed by atoms with Crippen molar-refractivity contribution in [2.75, 3.05) is 6.54 Å². The maximum atomic E-state index is 13.1. The first-order valence-corrected chi connectivity index (χ1v) is 10.6.